The minimum atomic E-state index is -0.536. The Bertz CT molecular complexity index is 1060. The molecular formula is C28H38BBrF2N2O4. The van der Waals surface area contributed by atoms with E-state index in [0.717, 1.165) is 56.6 Å². The molecule has 2 aromatic carbocycles. The summed E-state index contributed by atoms with van der Waals surface area (Å²) in [5.41, 5.74) is 0.960. The van der Waals surface area contributed by atoms with Gasteiger partial charge in [-0.3, -0.25) is 0 Å². The van der Waals surface area contributed by atoms with Gasteiger partial charge in [0, 0.05) is 43.0 Å². The normalized spacial score (nSPS) is 21.5. The van der Waals surface area contributed by atoms with Crippen molar-refractivity contribution < 1.29 is 27.6 Å². The van der Waals surface area contributed by atoms with E-state index >= 15 is 0 Å². The zero-order valence-electron chi connectivity index (χ0n) is 22.6. The number of halogens is 3. The summed E-state index contributed by atoms with van der Waals surface area (Å²) in [4.78, 5) is 0. The van der Waals surface area contributed by atoms with Gasteiger partial charge in [0.2, 0.25) is 0 Å². The Morgan fingerprint density at radius 2 is 1.18 bits per heavy atom. The van der Waals surface area contributed by atoms with Crippen molar-refractivity contribution in [3.05, 3.63) is 52.5 Å². The average Bonchev–Trinajstić information content (AvgIpc) is 3.10. The van der Waals surface area contributed by atoms with Crippen LogP contribution in [0.1, 0.15) is 53.4 Å². The number of anilines is 2. The summed E-state index contributed by atoms with van der Waals surface area (Å²) in [5.74, 6) is -0.487. The van der Waals surface area contributed by atoms with E-state index in [0.29, 0.717) is 22.9 Å². The minimum Gasteiger partial charge on any atom is -0.399 e. The fraction of sp³-hybridized carbons (Fsp3) is 0.571. The van der Waals surface area contributed by atoms with Crippen LogP contribution in [0.5, 0.6) is 0 Å². The van der Waals surface area contributed by atoms with Crippen LogP contribution in [-0.4, -0.2) is 56.8 Å². The number of ether oxygens (including phenoxy) is 2. The number of hydrogen-bond donors (Lipinski definition) is 2. The smallest absolute Gasteiger partial charge is 0.399 e. The predicted octanol–water partition coefficient (Wildman–Crippen LogP) is 5.89. The van der Waals surface area contributed by atoms with E-state index in [1.165, 1.54) is 12.1 Å². The maximum absolute atomic E-state index is 14.4. The molecule has 3 heterocycles. The highest BCUT2D eigenvalue weighted by Gasteiger charge is 2.51. The van der Waals surface area contributed by atoms with Gasteiger partial charge in [-0.15, -0.1) is 0 Å². The molecule has 3 aliphatic rings. The Hall–Kier alpha value is -1.72. The minimum absolute atomic E-state index is 0.212. The quantitative estimate of drug-likeness (QED) is 0.421. The van der Waals surface area contributed by atoms with Crippen molar-refractivity contribution in [2.45, 2.75) is 76.7 Å². The number of hydrogen-bond acceptors (Lipinski definition) is 6. The van der Waals surface area contributed by atoms with Crippen LogP contribution in [0.4, 0.5) is 20.2 Å². The van der Waals surface area contributed by atoms with E-state index in [-0.39, 0.29) is 17.7 Å². The van der Waals surface area contributed by atoms with E-state index in [9.17, 15) is 8.78 Å². The molecule has 208 valence electrons. The number of benzene rings is 2. The van der Waals surface area contributed by atoms with Crippen LogP contribution < -0.4 is 16.1 Å². The lowest BCUT2D eigenvalue weighted by molar-refractivity contribution is 0.00578. The van der Waals surface area contributed by atoms with Gasteiger partial charge >= 0.3 is 7.12 Å². The van der Waals surface area contributed by atoms with Crippen LogP contribution in [0.25, 0.3) is 0 Å². The third kappa shape index (κ3) is 7.47. The molecule has 0 spiro atoms. The van der Waals surface area contributed by atoms with Gasteiger partial charge in [-0.05, 0) is 89.2 Å². The summed E-state index contributed by atoms with van der Waals surface area (Å²) in [6.07, 6.45) is 3.68. The lowest BCUT2D eigenvalue weighted by Gasteiger charge is -2.32. The van der Waals surface area contributed by atoms with Crippen molar-refractivity contribution in [1.82, 2.24) is 0 Å². The van der Waals surface area contributed by atoms with Crippen molar-refractivity contribution in [1.29, 1.82) is 0 Å². The second-order valence-electron chi connectivity index (χ2n) is 11.0. The highest BCUT2D eigenvalue weighted by atomic mass is 79.9. The summed E-state index contributed by atoms with van der Waals surface area (Å²) >= 11 is 3.23. The third-order valence-electron chi connectivity index (χ3n) is 7.61. The third-order valence-corrected chi connectivity index (χ3v) is 8.10. The highest BCUT2D eigenvalue weighted by Crippen LogP contribution is 2.36. The lowest BCUT2D eigenvalue weighted by atomic mass is 9.79. The molecule has 0 radical (unpaired) electrons. The van der Waals surface area contributed by atoms with Gasteiger partial charge in [0.25, 0.3) is 0 Å². The first kappa shape index (κ1) is 29.3. The molecule has 0 aromatic heterocycles. The molecule has 0 unspecified atom stereocenters. The molecule has 0 saturated carbocycles. The lowest BCUT2D eigenvalue weighted by Crippen LogP contribution is -2.41. The van der Waals surface area contributed by atoms with Crippen LogP contribution in [0.3, 0.4) is 0 Å². The first-order valence-corrected chi connectivity index (χ1v) is 14.1. The van der Waals surface area contributed by atoms with Crippen molar-refractivity contribution in [3.63, 3.8) is 0 Å². The van der Waals surface area contributed by atoms with E-state index in [1.807, 2.05) is 39.8 Å². The predicted molar refractivity (Wildman–Crippen MR) is 151 cm³/mol. The second kappa shape index (κ2) is 12.6. The topological polar surface area (TPSA) is 61.0 Å². The molecule has 2 aromatic rings. The summed E-state index contributed by atoms with van der Waals surface area (Å²) in [7, 11) is -0.536. The Morgan fingerprint density at radius 1 is 0.737 bits per heavy atom. The molecule has 0 aliphatic carbocycles. The average molecular weight is 595 g/mol. The molecule has 3 aliphatic heterocycles. The summed E-state index contributed by atoms with van der Waals surface area (Å²) in [6, 6.07) is 10.8. The van der Waals surface area contributed by atoms with Gasteiger partial charge in [-0.1, -0.05) is 22.0 Å². The fourth-order valence-corrected chi connectivity index (χ4v) is 4.84. The molecule has 3 saturated heterocycles. The van der Waals surface area contributed by atoms with Gasteiger partial charge in [0.1, 0.15) is 11.6 Å². The van der Waals surface area contributed by atoms with E-state index in [2.05, 4.69) is 26.6 Å². The number of nitrogens with one attached hydrogen (secondary N) is 2. The summed E-state index contributed by atoms with van der Waals surface area (Å²) < 4.78 is 51.2. The molecule has 10 heteroatoms. The Balaban J connectivity index is 0.000000194. The SMILES string of the molecule is CC1(C)OB(c2ccc(NC3CCOCC3)c(F)c2)OC1(C)C.Fc1cc(Br)ccc1NC1CCOCC1. The molecule has 38 heavy (non-hydrogen) atoms. The van der Waals surface area contributed by atoms with Gasteiger partial charge in [-0.2, -0.15) is 0 Å². The van der Waals surface area contributed by atoms with Crippen LogP contribution in [0.2, 0.25) is 0 Å². The maximum Gasteiger partial charge on any atom is 0.494 e. The fourth-order valence-electron chi connectivity index (χ4n) is 4.50. The van der Waals surface area contributed by atoms with Crippen molar-refractivity contribution >= 4 is 39.9 Å². The van der Waals surface area contributed by atoms with Crippen molar-refractivity contribution in [2.75, 3.05) is 37.1 Å². The molecule has 0 atom stereocenters. The van der Waals surface area contributed by atoms with Crippen LogP contribution in [0.15, 0.2) is 40.9 Å². The summed E-state index contributed by atoms with van der Waals surface area (Å²) in [5, 5.41) is 6.46. The molecule has 5 rings (SSSR count). The molecular weight excluding hydrogens is 557 g/mol. The highest BCUT2D eigenvalue weighted by molar-refractivity contribution is 9.10. The largest absolute Gasteiger partial charge is 0.494 e. The van der Waals surface area contributed by atoms with Crippen LogP contribution in [0, 0.1) is 11.6 Å². The van der Waals surface area contributed by atoms with Gasteiger partial charge in [-0.25, -0.2) is 8.78 Å². The molecule has 0 bridgehead atoms. The van der Waals surface area contributed by atoms with Crippen LogP contribution in [-0.2, 0) is 18.8 Å². The zero-order chi connectivity index (χ0) is 27.3. The number of rotatable bonds is 5. The maximum atomic E-state index is 14.4. The summed E-state index contributed by atoms with van der Waals surface area (Å²) in [6.45, 7) is 10.9. The standard InChI is InChI=1S/C17H25BFNO3.C11H13BrFNO/c1-16(2)17(3,4)23-18(22-16)12-5-6-15(14(19)11-12)20-13-7-9-21-10-8-13;12-8-1-2-11(10(13)7-8)14-9-3-5-15-6-4-9/h5-6,11,13,20H,7-10H2,1-4H3;1-2,7,9,14H,3-6H2. The molecule has 0 amide bonds. The van der Waals surface area contributed by atoms with Gasteiger partial charge in [0.15, 0.2) is 0 Å². The van der Waals surface area contributed by atoms with E-state index in [4.69, 9.17) is 18.8 Å². The van der Waals surface area contributed by atoms with Gasteiger partial charge in [0.05, 0.1) is 22.6 Å². The van der Waals surface area contributed by atoms with Crippen molar-refractivity contribution in [3.8, 4) is 0 Å². The Kier molecular flexibility index (Phi) is 9.74. The molecule has 6 nitrogen and oxygen atoms in total. The van der Waals surface area contributed by atoms with Crippen molar-refractivity contribution in [2.24, 2.45) is 0 Å². The second-order valence-corrected chi connectivity index (χ2v) is 11.9. The van der Waals surface area contributed by atoms with Crippen LogP contribution >= 0.6 is 15.9 Å². The zero-order valence-corrected chi connectivity index (χ0v) is 24.2. The first-order valence-electron chi connectivity index (χ1n) is 13.3. The Labute approximate surface area is 233 Å². The molecule has 3 fully saturated rings. The molecule has 2 N–H and O–H groups in total. The Morgan fingerprint density at radius 3 is 1.63 bits per heavy atom. The van der Waals surface area contributed by atoms with E-state index in [1.54, 1.807) is 12.1 Å². The monoisotopic (exact) mass is 594 g/mol. The van der Waals surface area contributed by atoms with Gasteiger partial charge < -0.3 is 29.4 Å². The first-order chi connectivity index (χ1) is 18.0. The van der Waals surface area contributed by atoms with E-state index < -0.39 is 18.3 Å².